The lowest BCUT2D eigenvalue weighted by atomic mass is 10.1. The Balaban J connectivity index is 2.07. The molecule has 1 fully saturated rings. The topological polar surface area (TPSA) is 71.7 Å². The lowest BCUT2D eigenvalue weighted by Gasteiger charge is -2.36. The summed E-state index contributed by atoms with van der Waals surface area (Å²) in [6.07, 6.45) is 5.86. The van der Waals surface area contributed by atoms with Crippen LogP contribution in [-0.2, 0) is 10.7 Å². The highest BCUT2D eigenvalue weighted by Crippen LogP contribution is 2.28. The van der Waals surface area contributed by atoms with E-state index in [9.17, 15) is 13.6 Å². The van der Waals surface area contributed by atoms with Crippen molar-refractivity contribution in [1.82, 2.24) is 9.80 Å². The zero-order chi connectivity index (χ0) is 22.1. The molecule has 6 nitrogen and oxygen atoms in total. The lowest BCUT2D eigenvalue weighted by molar-refractivity contribution is -0.127. The fraction of sp³-hybridized carbons (Fsp3) is 0.318. The molecule has 0 unspecified atom stereocenters. The molecule has 1 aromatic carbocycles. The molecule has 0 saturated carbocycles. The van der Waals surface area contributed by atoms with Crippen LogP contribution in [-0.4, -0.2) is 47.7 Å². The van der Waals surface area contributed by atoms with Gasteiger partial charge in [0.25, 0.3) is 5.92 Å². The Labute approximate surface area is 175 Å². The van der Waals surface area contributed by atoms with Crippen LogP contribution in [0.3, 0.4) is 0 Å². The predicted octanol–water partition coefficient (Wildman–Crippen LogP) is 3.88. The van der Waals surface area contributed by atoms with Gasteiger partial charge in [0.1, 0.15) is 0 Å². The van der Waals surface area contributed by atoms with Crippen LogP contribution < -0.4 is 5.32 Å². The number of halogens is 2. The summed E-state index contributed by atoms with van der Waals surface area (Å²) < 4.78 is 26.8. The van der Waals surface area contributed by atoms with E-state index in [0.717, 1.165) is 6.92 Å². The third-order valence-electron chi connectivity index (χ3n) is 4.49. The SMILES string of the molecule is C=C(Nc1ccc(C(C)(F)F)cc1)/C(=N\C=C/C)N1CCN(C(=O)/C=C\C#N)CC1. The van der Waals surface area contributed by atoms with E-state index in [1.165, 1.54) is 24.3 Å². The van der Waals surface area contributed by atoms with Crippen molar-refractivity contribution >= 4 is 17.4 Å². The van der Waals surface area contributed by atoms with Crippen molar-refractivity contribution in [2.24, 2.45) is 4.99 Å². The molecule has 0 aliphatic carbocycles. The van der Waals surface area contributed by atoms with Crippen LogP contribution in [0.2, 0.25) is 0 Å². The molecule has 1 saturated heterocycles. The summed E-state index contributed by atoms with van der Waals surface area (Å²) in [4.78, 5) is 20.1. The Morgan fingerprint density at radius 2 is 1.83 bits per heavy atom. The maximum absolute atomic E-state index is 13.4. The maximum Gasteiger partial charge on any atom is 0.270 e. The quantitative estimate of drug-likeness (QED) is 0.333. The number of carbonyl (C=O) groups excluding carboxylic acids is 1. The summed E-state index contributed by atoms with van der Waals surface area (Å²) in [5, 5.41) is 11.7. The second-order valence-electron chi connectivity index (χ2n) is 6.78. The zero-order valence-corrected chi connectivity index (χ0v) is 17.1. The van der Waals surface area contributed by atoms with Crippen molar-refractivity contribution in [3.63, 3.8) is 0 Å². The van der Waals surface area contributed by atoms with E-state index in [1.807, 2.05) is 17.9 Å². The van der Waals surface area contributed by atoms with Crippen LogP contribution in [0.1, 0.15) is 19.4 Å². The molecule has 0 atom stereocenters. The summed E-state index contributed by atoms with van der Waals surface area (Å²) in [5.74, 6) is -2.49. The molecule has 1 amide bonds. The average Bonchev–Trinajstić information content (AvgIpc) is 2.72. The summed E-state index contributed by atoms with van der Waals surface area (Å²) >= 11 is 0. The molecule has 0 spiro atoms. The number of piperazine rings is 1. The Kier molecular flexibility index (Phi) is 7.87. The highest BCUT2D eigenvalue weighted by molar-refractivity contribution is 6.00. The normalized spacial score (nSPS) is 15.5. The molecule has 30 heavy (non-hydrogen) atoms. The number of amidine groups is 1. The van der Waals surface area contributed by atoms with Crippen molar-refractivity contribution in [2.45, 2.75) is 19.8 Å². The number of nitrogens with zero attached hydrogens (tertiary/aromatic N) is 4. The van der Waals surface area contributed by atoms with Gasteiger partial charge >= 0.3 is 0 Å². The number of alkyl halides is 2. The fourth-order valence-corrected chi connectivity index (χ4v) is 2.92. The van der Waals surface area contributed by atoms with E-state index < -0.39 is 5.92 Å². The number of nitrogens with one attached hydrogen (secondary N) is 1. The number of anilines is 1. The Morgan fingerprint density at radius 3 is 2.37 bits per heavy atom. The number of nitriles is 1. The molecule has 0 bridgehead atoms. The molecule has 1 aliphatic heterocycles. The minimum Gasteiger partial charge on any atom is -0.353 e. The Morgan fingerprint density at radius 1 is 1.23 bits per heavy atom. The average molecular weight is 413 g/mol. The van der Waals surface area contributed by atoms with Crippen LogP contribution in [0.5, 0.6) is 0 Å². The van der Waals surface area contributed by atoms with Crippen molar-refractivity contribution in [1.29, 1.82) is 5.26 Å². The zero-order valence-electron chi connectivity index (χ0n) is 17.1. The number of amides is 1. The van der Waals surface area contributed by atoms with Crippen LogP contribution in [0.15, 0.2) is 66.0 Å². The highest BCUT2D eigenvalue weighted by atomic mass is 19.3. The van der Waals surface area contributed by atoms with Crippen molar-refractivity contribution in [2.75, 3.05) is 31.5 Å². The van der Waals surface area contributed by atoms with E-state index >= 15 is 0 Å². The van der Waals surface area contributed by atoms with Crippen LogP contribution in [0.4, 0.5) is 14.5 Å². The first-order chi connectivity index (χ1) is 14.3. The summed E-state index contributed by atoms with van der Waals surface area (Å²) in [7, 11) is 0. The van der Waals surface area contributed by atoms with Crippen molar-refractivity contribution < 1.29 is 13.6 Å². The van der Waals surface area contributed by atoms with E-state index in [4.69, 9.17) is 5.26 Å². The summed E-state index contributed by atoms with van der Waals surface area (Å²) in [6.45, 7) is 8.81. The Hall–Kier alpha value is -3.47. The number of hydrogen-bond acceptors (Lipinski definition) is 4. The lowest BCUT2D eigenvalue weighted by Crippen LogP contribution is -2.51. The monoisotopic (exact) mass is 413 g/mol. The van der Waals surface area contributed by atoms with Crippen molar-refractivity contribution in [3.8, 4) is 6.07 Å². The van der Waals surface area contributed by atoms with Gasteiger partial charge in [0, 0.05) is 62.7 Å². The molecule has 1 aromatic rings. The minimum atomic E-state index is -2.90. The van der Waals surface area contributed by atoms with E-state index in [0.29, 0.717) is 43.4 Å². The number of benzene rings is 1. The molecule has 8 heteroatoms. The van der Waals surface area contributed by atoms with Crippen LogP contribution >= 0.6 is 0 Å². The molecule has 1 N–H and O–H groups in total. The molecule has 2 rings (SSSR count). The third-order valence-corrected chi connectivity index (χ3v) is 4.49. The highest BCUT2D eigenvalue weighted by Gasteiger charge is 2.25. The molecular formula is C22H25F2N5O. The van der Waals surface area contributed by atoms with Crippen molar-refractivity contribution in [3.05, 3.63) is 66.5 Å². The van der Waals surface area contributed by atoms with Gasteiger partial charge in [0.15, 0.2) is 5.84 Å². The van der Waals surface area contributed by atoms with Gasteiger partial charge in [-0.05, 0) is 19.1 Å². The predicted molar refractivity (Wildman–Crippen MR) is 114 cm³/mol. The van der Waals surface area contributed by atoms with Gasteiger partial charge in [0.2, 0.25) is 5.91 Å². The van der Waals surface area contributed by atoms with Gasteiger partial charge in [-0.15, -0.1) is 0 Å². The fourth-order valence-electron chi connectivity index (χ4n) is 2.92. The number of allylic oxidation sites excluding steroid dienone is 2. The van der Waals surface area contributed by atoms with E-state index in [2.05, 4.69) is 16.9 Å². The van der Waals surface area contributed by atoms with Gasteiger partial charge < -0.3 is 15.1 Å². The number of carbonyl (C=O) groups is 1. The van der Waals surface area contributed by atoms with Gasteiger partial charge in [-0.1, -0.05) is 24.8 Å². The van der Waals surface area contributed by atoms with Gasteiger partial charge in [-0.25, -0.2) is 13.8 Å². The standard InChI is InChI=1S/C22H25F2N5O/c1-4-12-26-21(29-15-13-28(14-16-29)20(30)6-5-11-25)17(2)27-19-9-7-18(8-10-19)22(3,23)24/h4-10,12,27H,2,13-16H2,1,3H3/b6-5-,12-4-,26-21+. The van der Waals surface area contributed by atoms with Gasteiger partial charge in [-0.2, -0.15) is 5.26 Å². The number of hydrogen-bond donors (Lipinski definition) is 1. The molecule has 1 aliphatic rings. The smallest absolute Gasteiger partial charge is 0.270 e. The summed E-state index contributed by atoms with van der Waals surface area (Å²) in [6, 6.07) is 7.70. The van der Waals surface area contributed by atoms with Crippen LogP contribution in [0.25, 0.3) is 0 Å². The first-order valence-corrected chi connectivity index (χ1v) is 9.50. The molecule has 0 radical (unpaired) electrons. The molecule has 158 valence electrons. The number of rotatable bonds is 6. The number of aliphatic imine (C=N–C) groups is 1. The second-order valence-corrected chi connectivity index (χ2v) is 6.78. The summed E-state index contributed by atoms with van der Waals surface area (Å²) in [5.41, 5.74) is 1.08. The van der Waals surface area contributed by atoms with E-state index in [1.54, 1.807) is 29.3 Å². The molecule has 1 heterocycles. The van der Waals surface area contributed by atoms with Gasteiger partial charge in [-0.3, -0.25) is 4.79 Å². The third kappa shape index (κ3) is 6.27. The second kappa shape index (κ2) is 10.3. The molecular weight excluding hydrogens is 388 g/mol. The Bertz CT molecular complexity index is 884. The molecule has 0 aromatic heterocycles. The largest absolute Gasteiger partial charge is 0.353 e. The maximum atomic E-state index is 13.4. The first kappa shape index (κ1) is 22.8. The van der Waals surface area contributed by atoms with E-state index in [-0.39, 0.29) is 11.5 Å². The van der Waals surface area contributed by atoms with Gasteiger partial charge in [0.05, 0.1) is 11.8 Å². The minimum absolute atomic E-state index is 0.0623. The first-order valence-electron chi connectivity index (χ1n) is 9.50. The van der Waals surface area contributed by atoms with Crippen LogP contribution in [0, 0.1) is 11.3 Å².